The summed E-state index contributed by atoms with van der Waals surface area (Å²) < 4.78 is 18.7. The molecule has 1 heterocycles. The number of hydrogen-bond acceptors (Lipinski definition) is 7. The molecule has 1 N–H and O–H groups in total. The molecule has 3 aromatic carbocycles. The predicted molar refractivity (Wildman–Crippen MR) is 163 cm³/mol. The summed E-state index contributed by atoms with van der Waals surface area (Å²) in [5.74, 6) is 0.824. The number of aryl methyl sites for hydroxylation is 1. The number of carboxylic acid groups (broad SMARTS) is 1. The third-order valence-electron chi connectivity index (χ3n) is 6.49. The minimum atomic E-state index is -1.11. The summed E-state index contributed by atoms with van der Waals surface area (Å²) in [5.41, 5.74) is 3.50. The highest BCUT2D eigenvalue weighted by Gasteiger charge is 2.20. The van der Waals surface area contributed by atoms with Crippen LogP contribution in [0.2, 0.25) is 0 Å². The monoisotopic (exact) mass is 621 g/mol. The van der Waals surface area contributed by atoms with Crippen molar-refractivity contribution >= 4 is 39.0 Å². The number of nitrogens with zero attached hydrogens (tertiary/aromatic N) is 3. The summed E-state index contributed by atoms with van der Waals surface area (Å²) in [6, 6.07) is 14.5. The Balaban J connectivity index is 1.90. The van der Waals surface area contributed by atoms with Crippen molar-refractivity contribution in [2.75, 3.05) is 13.7 Å². The van der Waals surface area contributed by atoms with Gasteiger partial charge in [-0.05, 0) is 95.7 Å². The van der Waals surface area contributed by atoms with E-state index in [9.17, 15) is 14.7 Å². The molecule has 4 rings (SSSR count). The number of para-hydroxylation sites is 1. The molecule has 0 aliphatic rings. The molecule has 10 heteroatoms. The summed E-state index contributed by atoms with van der Waals surface area (Å²) in [4.78, 5) is 29.9. The highest BCUT2D eigenvalue weighted by Crippen LogP contribution is 2.37. The summed E-state index contributed by atoms with van der Waals surface area (Å²) in [6.07, 6.45) is 0.435. The lowest BCUT2D eigenvalue weighted by Crippen LogP contribution is -2.23. The molecule has 0 aliphatic heterocycles. The van der Waals surface area contributed by atoms with Crippen LogP contribution in [0, 0.1) is 6.92 Å². The fourth-order valence-corrected chi connectivity index (χ4v) is 4.91. The maximum absolute atomic E-state index is 13.7. The molecule has 0 spiro atoms. The third-order valence-corrected chi connectivity index (χ3v) is 7.08. The van der Waals surface area contributed by atoms with Crippen LogP contribution in [0.5, 0.6) is 17.2 Å². The first-order chi connectivity index (χ1) is 19.5. The largest absolute Gasteiger partial charge is 0.494 e. The Bertz CT molecular complexity index is 1700. The molecular formula is C31H32BrN3O6. The molecule has 4 aromatic rings. The van der Waals surface area contributed by atoms with E-state index in [4.69, 9.17) is 19.2 Å². The van der Waals surface area contributed by atoms with Gasteiger partial charge in [0, 0.05) is 5.56 Å². The number of halogens is 1. The number of rotatable bonds is 10. The summed E-state index contributed by atoms with van der Waals surface area (Å²) in [7, 11) is 1.46. The molecule has 0 radical (unpaired) electrons. The van der Waals surface area contributed by atoms with Crippen LogP contribution < -0.4 is 19.8 Å². The van der Waals surface area contributed by atoms with E-state index < -0.39 is 12.1 Å². The molecule has 214 valence electrons. The molecule has 0 amide bonds. The topological polar surface area (TPSA) is 112 Å². The number of aromatic nitrogens is 2. The number of fused-ring (bicyclic) bond motifs is 1. The summed E-state index contributed by atoms with van der Waals surface area (Å²) in [6.45, 7) is 10.1. The van der Waals surface area contributed by atoms with Gasteiger partial charge in [-0.25, -0.2) is 9.78 Å². The molecule has 0 unspecified atom stereocenters. The fraction of sp³-hybridized carbons (Fsp3) is 0.290. The van der Waals surface area contributed by atoms with Crippen molar-refractivity contribution in [1.82, 2.24) is 9.66 Å². The van der Waals surface area contributed by atoms with Gasteiger partial charge in [0.2, 0.25) is 0 Å². The Morgan fingerprint density at radius 3 is 2.54 bits per heavy atom. The van der Waals surface area contributed by atoms with E-state index in [2.05, 4.69) is 34.9 Å². The average molecular weight is 623 g/mol. The second-order valence-corrected chi connectivity index (χ2v) is 10.6. The van der Waals surface area contributed by atoms with Crippen LogP contribution in [-0.2, 0) is 4.79 Å². The molecule has 0 fully saturated rings. The molecule has 0 saturated carbocycles. The van der Waals surface area contributed by atoms with Crippen molar-refractivity contribution in [3.05, 3.63) is 80.0 Å². The lowest BCUT2D eigenvalue weighted by molar-refractivity contribution is -0.144. The van der Waals surface area contributed by atoms with Crippen LogP contribution in [0.4, 0.5) is 0 Å². The number of ether oxygens (including phenoxy) is 3. The zero-order chi connectivity index (χ0) is 29.8. The minimum Gasteiger partial charge on any atom is -0.494 e. The van der Waals surface area contributed by atoms with E-state index in [0.717, 1.165) is 22.4 Å². The Hall–Kier alpha value is -4.18. The van der Waals surface area contributed by atoms with Gasteiger partial charge >= 0.3 is 5.97 Å². The highest BCUT2D eigenvalue weighted by molar-refractivity contribution is 9.10. The van der Waals surface area contributed by atoms with E-state index >= 15 is 0 Å². The van der Waals surface area contributed by atoms with Crippen LogP contribution in [0.25, 0.3) is 22.3 Å². The van der Waals surface area contributed by atoms with E-state index in [0.29, 0.717) is 39.1 Å². The number of benzene rings is 3. The SMILES string of the molecule is CCOc1cc(C)c(-c2nc3ccccc3c(=O)n2N=Cc2cc(Br)c(O[C@@H](C)C(=O)O)c(OC)c2)cc1C(C)C. The van der Waals surface area contributed by atoms with Crippen molar-refractivity contribution < 1.29 is 24.1 Å². The van der Waals surface area contributed by atoms with E-state index in [-0.39, 0.29) is 17.2 Å². The second kappa shape index (κ2) is 12.6. The minimum absolute atomic E-state index is 0.175. The summed E-state index contributed by atoms with van der Waals surface area (Å²) >= 11 is 3.44. The van der Waals surface area contributed by atoms with Crippen molar-refractivity contribution in [3.63, 3.8) is 0 Å². The number of hydrogen-bond donors (Lipinski definition) is 1. The number of carbonyl (C=O) groups is 1. The zero-order valence-corrected chi connectivity index (χ0v) is 25.4. The molecule has 1 aromatic heterocycles. The summed E-state index contributed by atoms with van der Waals surface area (Å²) in [5, 5.41) is 14.3. The Labute approximate surface area is 246 Å². The van der Waals surface area contributed by atoms with Gasteiger partial charge in [0.15, 0.2) is 23.4 Å². The van der Waals surface area contributed by atoms with Gasteiger partial charge in [-0.15, -0.1) is 0 Å². The zero-order valence-electron chi connectivity index (χ0n) is 23.8. The smallest absolute Gasteiger partial charge is 0.344 e. The first-order valence-corrected chi connectivity index (χ1v) is 14.0. The first-order valence-electron chi connectivity index (χ1n) is 13.2. The Morgan fingerprint density at radius 2 is 1.88 bits per heavy atom. The number of methoxy groups -OCH3 is 1. The van der Waals surface area contributed by atoms with Crippen molar-refractivity contribution in [1.29, 1.82) is 0 Å². The molecule has 41 heavy (non-hydrogen) atoms. The maximum Gasteiger partial charge on any atom is 0.344 e. The normalized spacial score (nSPS) is 12.2. The standard InChI is InChI=1S/C31H32BrN3O6/c1-7-40-26-12-18(4)23(15-22(26)17(2)3)29-34-25-11-9-8-10-21(25)30(36)35(29)33-16-20-13-24(32)28(27(14-20)39-6)41-19(5)31(37)38/h8-17,19H,7H2,1-6H3,(H,37,38)/t19-/m0/s1. The van der Waals surface area contributed by atoms with E-state index in [1.165, 1.54) is 24.9 Å². The van der Waals surface area contributed by atoms with Crippen molar-refractivity contribution in [2.45, 2.75) is 46.6 Å². The first kappa shape index (κ1) is 29.8. The molecule has 9 nitrogen and oxygen atoms in total. The van der Waals surface area contributed by atoms with Crippen LogP contribution in [0.3, 0.4) is 0 Å². The van der Waals surface area contributed by atoms with E-state index in [1.54, 1.807) is 30.3 Å². The average Bonchev–Trinajstić information content (AvgIpc) is 2.93. The number of carboxylic acids is 1. The lowest BCUT2D eigenvalue weighted by Gasteiger charge is -2.18. The Morgan fingerprint density at radius 1 is 1.15 bits per heavy atom. The van der Waals surface area contributed by atoms with Gasteiger partial charge in [-0.1, -0.05) is 26.0 Å². The molecule has 0 bridgehead atoms. The van der Waals surface area contributed by atoms with E-state index in [1.807, 2.05) is 32.0 Å². The van der Waals surface area contributed by atoms with Crippen molar-refractivity contribution in [3.8, 4) is 28.6 Å². The number of aliphatic carboxylic acids is 1. The molecular weight excluding hydrogens is 590 g/mol. The van der Waals surface area contributed by atoms with Gasteiger partial charge < -0.3 is 19.3 Å². The van der Waals surface area contributed by atoms with Gasteiger partial charge in [0.25, 0.3) is 5.56 Å². The quantitative estimate of drug-likeness (QED) is 0.204. The highest BCUT2D eigenvalue weighted by atomic mass is 79.9. The van der Waals surface area contributed by atoms with Gasteiger partial charge in [0.1, 0.15) is 5.75 Å². The van der Waals surface area contributed by atoms with Crippen molar-refractivity contribution in [2.24, 2.45) is 5.10 Å². The van der Waals surface area contributed by atoms with Gasteiger partial charge in [-0.3, -0.25) is 4.79 Å². The lowest BCUT2D eigenvalue weighted by atomic mass is 9.96. The van der Waals surface area contributed by atoms with Crippen LogP contribution in [0.1, 0.15) is 50.3 Å². The van der Waals surface area contributed by atoms with Crippen LogP contribution in [-0.4, -0.2) is 46.8 Å². The molecule has 0 saturated heterocycles. The van der Waals surface area contributed by atoms with Crippen LogP contribution in [0.15, 0.2) is 62.9 Å². The second-order valence-electron chi connectivity index (χ2n) is 9.74. The third kappa shape index (κ3) is 6.27. The fourth-order valence-electron chi connectivity index (χ4n) is 4.36. The van der Waals surface area contributed by atoms with Gasteiger partial charge in [0.05, 0.1) is 35.3 Å². The Kier molecular flexibility index (Phi) is 9.12. The van der Waals surface area contributed by atoms with Crippen LogP contribution >= 0.6 is 15.9 Å². The molecule has 0 aliphatic carbocycles. The van der Waals surface area contributed by atoms with Gasteiger partial charge in [-0.2, -0.15) is 9.78 Å². The maximum atomic E-state index is 13.7. The molecule has 1 atom stereocenters. The predicted octanol–water partition coefficient (Wildman–Crippen LogP) is 6.40.